The maximum Gasteiger partial charge on any atom is 0.335 e. The predicted molar refractivity (Wildman–Crippen MR) is 83.8 cm³/mol. The van der Waals surface area contributed by atoms with Gasteiger partial charge in [0.25, 0.3) is 5.69 Å². The van der Waals surface area contributed by atoms with E-state index in [0.717, 1.165) is 19.4 Å². The van der Waals surface area contributed by atoms with Crippen LogP contribution >= 0.6 is 0 Å². The van der Waals surface area contributed by atoms with Crippen molar-refractivity contribution >= 4 is 11.7 Å². The third kappa shape index (κ3) is 4.90. The lowest BCUT2D eigenvalue weighted by atomic mass is 10.2. The third-order valence-electron chi connectivity index (χ3n) is 3.73. The minimum atomic E-state index is -0.737. The highest BCUT2D eigenvalue weighted by atomic mass is 16.6. The van der Waals surface area contributed by atoms with Crippen LogP contribution in [0, 0.1) is 10.1 Å². The van der Waals surface area contributed by atoms with Crippen molar-refractivity contribution in [2.75, 3.05) is 20.3 Å². The largest absolute Gasteiger partial charge is 0.496 e. The van der Waals surface area contributed by atoms with E-state index < -0.39 is 17.0 Å². The molecule has 2 unspecified atom stereocenters. The molecule has 0 aliphatic carbocycles. The number of rotatable bonds is 8. The molecule has 0 saturated carbocycles. The van der Waals surface area contributed by atoms with Crippen molar-refractivity contribution in [1.29, 1.82) is 0 Å². The van der Waals surface area contributed by atoms with E-state index in [1.54, 1.807) is 6.92 Å². The fourth-order valence-corrected chi connectivity index (χ4v) is 2.35. The van der Waals surface area contributed by atoms with Gasteiger partial charge in [-0.2, -0.15) is 0 Å². The number of benzene rings is 1. The molecule has 24 heavy (non-hydrogen) atoms. The molecule has 1 heterocycles. The number of nitro benzene ring substituents is 1. The summed E-state index contributed by atoms with van der Waals surface area (Å²) in [5.41, 5.74) is 0.330. The van der Waals surface area contributed by atoms with Gasteiger partial charge in [0.1, 0.15) is 12.4 Å². The molecule has 1 saturated heterocycles. The Bertz CT molecular complexity index is 584. The molecule has 1 aliphatic heterocycles. The number of esters is 1. The van der Waals surface area contributed by atoms with Crippen LogP contribution in [-0.2, 0) is 25.6 Å². The standard InChI is InChI=1S/C16H21NO7/c1-11(23-10-14-4-3-7-22-14)16(18)24-9-12-8-13(17(19)20)5-6-15(12)21-2/h5-6,8,11,14H,3-4,7,9-10H2,1-2H3. The maximum absolute atomic E-state index is 12.0. The molecule has 2 atom stereocenters. The van der Waals surface area contributed by atoms with Crippen molar-refractivity contribution in [3.63, 3.8) is 0 Å². The van der Waals surface area contributed by atoms with Crippen LogP contribution < -0.4 is 4.74 Å². The number of hydrogen-bond acceptors (Lipinski definition) is 7. The highest BCUT2D eigenvalue weighted by Gasteiger charge is 2.21. The van der Waals surface area contributed by atoms with E-state index in [2.05, 4.69) is 0 Å². The summed E-state index contributed by atoms with van der Waals surface area (Å²) in [4.78, 5) is 22.3. The van der Waals surface area contributed by atoms with E-state index in [-0.39, 0.29) is 18.4 Å². The number of nitro groups is 1. The Labute approximate surface area is 139 Å². The van der Waals surface area contributed by atoms with Crippen molar-refractivity contribution in [1.82, 2.24) is 0 Å². The molecular weight excluding hydrogens is 318 g/mol. The second-order valence-electron chi connectivity index (χ2n) is 5.47. The van der Waals surface area contributed by atoms with E-state index >= 15 is 0 Å². The zero-order valence-corrected chi connectivity index (χ0v) is 13.7. The van der Waals surface area contributed by atoms with Gasteiger partial charge in [-0.25, -0.2) is 4.79 Å². The lowest BCUT2D eigenvalue weighted by molar-refractivity contribution is -0.385. The lowest BCUT2D eigenvalue weighted by Gasteiger charge is -2.16. The van der Waals surface area contributed by atoms with E-state index in [1.165, 1.54) is 25.3 Å². The monoisotopic (exact) mass is 339 g/mol. The minimum Gasteiger partial charge on any atom is -0.496 e. The Balaban J connectivity index is 1.87. The van der Waals surface area contributed by atoms with Gasteiger partial charge in [0.2, 0.25) is 0 Å². The SMILES string of the molecule is COc1ccc([N+](=O)[O-])cc1COC(=O)C(C)OCC1CCCO1. The Morgan fingerprint density at radius 1 is 1.50 bits per heavy atom. The number of carbonyl (C=O) groups is 1. The zero-order valence-electron chi connectivity index (χ0n) is 13.7. The average Bonchev–Trinajstić information content (AvgIpc) is 3.10. The lowest BCUT2D eigenvalue weighted by Crippen LogP contribution is -2.27. The zero-order chi connectivity index (χ0) is 17.5. The first-order valence-corrected chi connectivity index (χ1v) is 7.72. The summed E-state index contributed by atoms with van der Waals surface area (Å²) in [6.45, 7) is 2.54. The quantitative estimate of drug-likeness (QED) is 0.407. The number of hydrogen-bond donors (Lipinski definition) is 0. The van der Waals surface area contributed by atoms with Gasteiger partial charge in [-0.1, -0.05) is 0 Å². The molecule has 1 fully saturated rings. The summed E-state index contributed by atoms with van der Waals surface area (Å²) in [5, 5.41) is 10.8. The number of carbonyl (C=O) groups excluding carboxylic acids is 1. The first-order valence-electron chi connectivity index (χ1n) is 7.72. The average molecular weight is 339 g/mol. The van der Waals surface area contributed by atoms with Crippen LogP contribution in [0.4, 0.5) is 5.69 Å². The van der Waals surface area contributed by atoms with Crippen LogP contribution in [0.3, 0.4) is 0 Å². The second-order valence-corrected chi connectivity index (χ2v) is 5.47. The molecule has 8 nitrogen and oxygen atoms in total. The fourth-order valence-electron chi connectivity index (χ4n) is 2.35. The number of non-ortho nitro benzene ring substituents is 1. The van der Waals surface area contributed by atoms with Crippen molar-refractivity contribution in [2.24, 2.45) is 0 Å². The molecule has 0 spiro atoms. The molecule has 0 amide bonds. The van der Waals surface area contributed by atoms with Crippen LogP contribution in [-0.4, -0.2) is 43.4 Å². The summed E-state index contributed by atoms with van der Waals surface area (Å²) < 4.78 is 21.2. The Kier molecular flexibility index (Phi) is 6.51. The topological polar surface area (TPSA) is 97.1 Å². The first-order chi connectivity index (χ1) is 11.5. The predicted octanol–water partition coefficient (Wildman–Crippen LogP) is 2.23. The number of ether oxygens (including phenoxy) is 4. The molecule has 0 aromatic heterocycles. The Hall–Kier alpha value is -2.19. The van der Waals surface area contributed by atoms with Gasteiger partial charge in [-0.3, -0.25) is 10.1 Å². The van der Waals surface area contributed by atoms with Crippen LogP contribution in [0.15, 0.2) is 18.2 Å². The molecule has 132 valence electrons. The molecular formula is C16H21NO7. The molecule has 2 rings (SSSR count). The highest BCUT2D eigenvalue weighted by Crippen LogP contribution is 2.24. The van der Waals surface area contributed by atoms with Gasteiger partial charge < -0.3 is 18.9 Å². The molecule has 0 radical (unpaired) electrons. The van der Waals surface area contributed by atoms with Crippen LogP contribution in [0.25, 0.3) is 0 Å². The summed E-state index contributed by atoms with van der Waals surface area (Å²) in [6, 6.07) is 4.13. The van der Waals surface area contributed by atoms with Crippen molar-refractivity contribution in [3.05, 3.63) is 33.9 Å². The minimum absolute atomic E-state index is 0.0251. The molecule has 1 aromatic carbocycles. The van der Waals surface area contributed by atoms with Gasteiger partial charge in [0.15, 0.2) is 6.10 Å². The van der Waals surface area contributed by atoms with Crippen molar-refractivity contribution in [3.8, 4) is 5.75 Å². The number of nitrogens with zero attached hydrogens (tertiary/aromatic N) is 1. The van der Waals surface area contributed by atoms with Crippen LogP contribution in [0.2, 0.25) is 0 Å². The third-order valence-corrected chi connectivity index (χ3v) is 3.73. The summed E-state index contributed by atoms with van der Waals surface area (Å²) in [5.74, 6) is -0.122. The Morgan fingerprint density at radius 2 is 2.29 bits per heavy atom. The number of methoxy groups -OCH3 is 1. The summed E-state index contributed by atoms with van der Waals surface area (Å²) in [7, 11) is 1.44. The first kappa shape index (κ1) is 18.2. The van der Waals surface area contributed by atoms with Gasteiger partial charge in [0.05, 0.1) is 24.7 Å². The van der Waals surface area contributed by atoms with Gasteiger partial charge in [0, 0.05) is 24.3 Å². The molecule has 1 aliphatic rings. The van der Waals surface area contributed by atoms with E-state index in [4.69, 9.17) is 18.9 Å². The van der Waals surface area contributed by atoms with Gasteiger partial charge >= 0.3 is 5.97 Å². The second kappa shape index (κ2) is 8.60. The summed E-state index contributed by atoms with van der Waals surface area (Å²) >= 11 is 0. The van der Waals surface area contributed by atoms with Crippen molar-refractivity contribution in [2.45, 2.75) is 38.6 Å². The molecule has 0 bridgehead atoms. The normalized spacial score (nSPS) is 18.2. The van der Waals surface area contributed by atoms with E-state index in [1.807, 2.05) is 0 Å². The molecule has 1 aromatic rings. The molecule has 0 N–H and O–H groups in total. The Morgan fingerprint density at radius 3 is 2.92 bits per heavy atom. The summed E-state index contributed by atoms with van der Waals surface area (Å²) in [6.07, 6.45) is 1.21. The van der Waals surface area contributed by atoms with E-state index in [9.17, 15) is 14.9 Å². The van der Waals surface area contributed by atoms with Crippen LogP contribution in [0.5, 0.6) is 5.75 Å². The highest BCUT2D eigenvalue weighted by molar-refractivity contribution is 5.74. The van der Waals surface area contributed by atoms with Gasteiger partial charge in [-0.15, -0.1) is 0 Å². The maximum atomic E-state index is 12.0. The van der Waals surface area contributed by atoms with Crippen molar-refractivity contribution < 1.29 is 28.7 Å². The van der Waals surface area contributed by atoms with Crippen LogP contribution in [0.1, 0.15) is 25.3 Å². The molecule has 8 heteroatoms. The van der Waals surface area contributed by atoms with E-state index in [0.29, 0.717) is 17.9 Å². The smallest absolute Gasteiger partial charge is 0.335 e. The fraction of sp³-hybridized carbons (Fsp3) is 0.562. The van der Waals surface area contributed by atoms with Gasteiger partial charge in [-0.05, 0) is 25.8 Å².